The van der Waals surface area contributed by atoms with Gasteiger partial charge in [0.2, 0.25) is 0 Å². The minimum Gasteiger partial charge on any atom is -0.496 e. The molecule has 1 aliphatic heterocycles. The van der Waals surface area contributed by atoms with Crippen molar-refractivity contribution in [1.29, 1.82) is 0 Å². The third kappa shape index (κ3) is 4.11. The van der Waals surface area contributed by atoms with Crippen LogP contribution in [-0.4, -0.2) is 38.5 Å². The van der Waals surface area contributed by atoms with Crippen molar-refractivity contribution in [2.75, 3.05) is 13.7 Å². The van der Waals surface area contributed by atoms with E-state index in [1.165, 1.54) is 5.56 Å². The number of fused-ring (bicyclic) bond motifs is 1. The predicted octanol–water partition coefficient (Wildman–Crippen LogP) is 3.09. The van der Waals surface area contributed by atoms with Crippen LogP contribution in [0.1, 0.15) is 43.2 Å². The van der Waals surface area contributed by atoms with Crippen molar-refractivity contribution < 1.29 is 4.74 Å². The Morgan fingerprint density at radius 1 is 1.23 bits per heavy atom. The molecule has 0 spiro atoms. The summed E-state index contributed by atoms with van der Waals surface area (Å²) in [5.74, 6) is 1.35. The van der Waals surface area contributed by atoms with E-state index in [0.717, 1.165) is 35.7 Å². The van der Waals surface area contributed by atoms with Crippen molar-refractivity contribution in [3.05, 3.63) is 69.5 Å². The van der Waals surface area contributed by atoms with Gasteiger partial charge in [0.15, 0.2) is 5.82 Å². The summed E-state index contributed by atoms with van der Waals surface area (Å²) in [6.07, 6.45) is 5.51. The average Bonchev–Trinajstić information content (AvgIpc) is 2.74. The zero-order chi connectivity index (χ0) is 21.3. The molecule has 0 bridgehead atoms. The third-order valence-corrected chi connectivity index (χ3v) is 5.49. The van der Waals surface area contributed by atoms with Crippen molar-refractivity contribution in [2.45, 2.75) is 45.7 Å². The van der Waals surface area contributed by atoms with Gasteiger partial charge in [0.1, 0.15) is 11.4 Å². The molecule has 0 saturated heterocycles. The summed E-state index contributed by atoms with van der Waals surface area (Å²) in [6, 6.07) is 6.37. The summed E-state index contributed by atoms with van der Waals surface area (Å²) in [7, 11) is 1.70. The molecule has 0 atom stereocenters. The zero-order valence-electron chi connectivity index (χ0n) is 17.9. The van der Waals surface area contributed by atoms with E-state index in [1.54, 1.807) is 25.7 Å². The summed E-state index contributed by atoms with van der Waals surface area (Å²) in [4.78, 5) is 30.9. The third-order valence-electron chi connectivity index (χ3n) is 5.49. The molecule has 0 amide bonds. The summed E-state index contributed by atoms with van der Waals surface area (Å²) in [6.45, 7) is 8.71. The van der Waals surface area contributed by atoms with E-state index in [-0.39, 0.29) is 11.0 Å². The average molecular weight is 406 g/mol. The number of nitrogens with zero attached hydrogens (tertiary/aromatic N) is 4. The highest BCUT2D eigenvalue weighted by Crippen LogP contribution is 2.29. The molecule has 0 fully saturated rings. The van der Waals surface area contributed by atoms with Gasteiger partial charge in [-0.3, -0.25) is 14.7 Å². The quantitative estimate of drug-likeness (QED) is 0.718. The van der Waals surface area contributed by atoms with Crippen LogP contribution in [0.25, 0.3) is 11.5 Å². The lowest BCUT2D eigenvalue weighted by atomic mass is 9.86. The summed E-state index contributed by atoms with van der Waals surface area (Å²) in [5, 5.41) is 0. The molecule has 7 nitrogen and oxygen atoms in total. The normalized spacial score (nSPS) is 14.4. The number of hydrogen-bond acceptors (Lipinski definition) is 6. The Balaban J connectivity index is 1.59. The molecule has 1 aliphatic rings. The lowest BCUT2D eigenvalue weighted by Gasteiger charge is -2.29. The van der Waals surface area contributed by atoms with Crippen LogP contribution in [0.5, 0.6) is 5.75 Å². The molecule has 0 radical (unpaired) electrons. The fourth-order valence-corrected chi connectivity index (χ4v) is 3.77. The summed E-state index contributed by atoms with van der Waals surface area (Å²) < 4.78 is 5.59. The van der Waals surface area contributed by atoms with Crippen LogP contribution in [0.15, 0.2) is 41.6 Å². The molecule has 0 saturated carbocycles. The fourth-order valence-electron chi connectivity index (χ4n) is 3.77. The van der Waals surface area contributed by atoms with Gasteiger partial charge in [-0.2, -0.15) is 0 Å². The second kappa shape index (κ2) is 7.99. The first-order valence-electron chi connectivity index (χ1n) is 10.1. The zero-order valence-corrected chi connectivity index (χ0v) is 17.9. The minimum absolute atomic E-state index is 0.0628. The SMILES string of the molecule is COc1ccc(C(C)(C)C)cc1CN1CCc2nc(-c3cnccn3)[nH]c(=O)c2C1. The van der Waals surface area contributed by atoms with Crippen molar-refractivity contribution >= 4 is 0 Å². The Morgan fingerprint density at radius 2 is 2.07 bits per heavy atom. The number of nitrogens with one attached hydrogen (secondary N) is 1. The van der Waals surface area contributed by atoms with Crippen molar-refractivity contribution in [2.24, 2.45) is 0 Å². The molecule has 3 aromatic rings. The Labute approximate surface area is 176 Å². The van der Waals surface area contributed by atoms with Crippen molar-refractivity contribution in [3.63, 3.8) is 0 Å². The molecule has 1 N–H and O–H groups in total. The van der Waals surface area contributed by atoms with Crippen LogP contribution in [0.3, 0.4) is 0 Å². The van der Waals surface area contributed by atoms with Crippen LogP contribution < -0.4 is 10.3 Å². The maximum absolute atomic E-state index is 12.8. The first-order chi connectivity index (χ1) is 14.3. The van der Waals surface area contributed by atoms with Crippen molar-refractivity contribution in [3.8, 4) is 17.3 Å². The van der Waals surface area contributed by atoms with E-state index >= 15 is 0 Å². The molecule has 4 rings (SSSR count). The van der Waals surface area contributed by atoms with Gasteiger partial charge in [-0.25, -0.2) is 9.97 Å². The predicted molar refractivity (Wildman–Crippen MR) is 115 cm³/mol. The van der Waals surface area contributed by atoms with Crippen LogP contribution in [0.4, 0.5) is 0 Å². The first-order valence-corrected chi connectivity index (χ1v) is 10.1. The van der Waals surface area contributed by atoms with Gasteiger partial charge in [0.05, 0.1) is 24.6 Å². The second-order valence-electron chi connectivity index (χ2n) is 8.67. The van der Waals surface area contributed by atoms with Gasteiger partial charge in [-0.1, -0.05) is 32.9 Å². The molecular formula is C23H27N5O2. The number of ether oxygens (including phenoxy) is 1. The Morgan fingerprint density at radius 3 is 2.77 bits per heavy atom. The molecule has 30 heavy (non-hydrogen) atoms. The van der Waals surface area contributed by atoms with E-state index in [2.05, 4.69) is 57.7 Å². The molecule has 1 aromatic carbocycles. The number of benzene rings is 1. The number of aromatic amines is 1. The van der Waals surface area contributed by atoms with Gasteiger partial charge < -0.3 is 9.72 Å². The maximum atomic E-state index is 12.8. The lowest BCUT2D eigenvalue weighted by Crippen LogP contribution is -2.35. The summed E-state index contributed by atoms with van der Waals surface area (Å²) >= 11 is 0. The van der Waals surface area contributed by atoms with Gasteiger partial charge in [-0.05, 0) is 17.0 Å². The monoisotopic (exact) mass is 405 g/mol. The highest BCUT2D eigenvalue weighted by Gasteiger charge is 2.23. The van der Waals surface area contributed by atoms with Crippen molar-refractivity contribution in [1.82, 2.24) is 24.8 Å². The first kappa shape index (κ1) is 20.2. The lowest BCUT2D eigenvalue weighted by molar-refractivity contribution is 0.238. The summed E-state index contributed by atoms with van der Waals surface area (Å²) in [5.41, 5.74) is 4.49. The number of methoxy groups -OCH3 is 1. The maximum Gasteiger partial charge on any atom is 0.255 e. The molecule has 3 heterocycles. The number of aromatic nitrogens is 4. The highest BCUT2D eigenvalue weighted by atomic mass is 16.5. The van der Waals surface area contributed by atoms with Crippen LogP contribution in [0, 0.1) is 0 Å². The van der Waals surface area contributed by atoms with E-state index in [4.69, 9.17) is 4.74 Å². The van der Waals surface area contributed by atoms with Crippen LogP contribution in [-0.2, 0) is 24.9 Å². The topological polar surface area (TPSA) is 84.0 Å². The molecule has 2 aromatic heterocycles. The number of H-pyrrole nitrogens is 1. The molecule has 7 heteroatoms. The van der Waals surface area contributed by atoms with Crippen LogP contribution in [0.2, 0.25) is 0 Å². The van der Waals surface area contributed by atoms with Gasteiger partial charge in [0.25, 0.3) is 5.56 Å². The molecular weight excluding hydrogens is 378 g/mol. The molecule has 0 aliphatic carbocycles. The Bertz CT molecular complexity index is 1100. The Hall–Kier alpha value is -3.06. The van der Waals surface area contributed by atoms with Gasteiger partial charge in [0, 0.05) is 44.0 Å². The smallest absolute Gasteiger partial charge is 0.255 e. The van der Waals surface area contributed by atoms with E-state index < -0.39 is 0 Å². The Kier molecular flexibility index (Phi) is 5.39. The fraction of sp³-hybridized carbons (Fsp3) is 0.391. The van der Waals surface area contributed by atoms with E-state index in [1.807, 2.05) is 6.07 Å². The van der Waals surface area contributed by atoms with Crippen LogP contribution >= 0.6 is 0 Å². The molecule has 156 valence electrons. The minimum atomic E-state index is -0.110. The van der Waals surface area contributed by atoms with E-state index in [0.29, 0.717) is 24.5 Å². The van der Waals surface area contributed by atoms with Gasteiger partial charge >= 0.3 is 0 Å². The largest absolute Gasteiger partial charge is 0.496 e. The van der Waals surface area contributed by atoms with Gasteiger partial charge in [-0.15, -0.1) is 0 Å². The number of hydrogen-bond donors (Lipinski definition) is 1. The highest BCUT2D eigenvalue weighted by molar-refractivity contribution is 5.47. The molecule has 0 unspecified atom stereocenters. The van der Waals surface area contributed by atoms with E-state index in [9.17, 15) is 4.79 Å². The second-order valence-corrected chi connectivity index (χ2v) is 8.67. The standard InChI is InChI=1S/C23H27N5O2/c1-23(2,3)16-5-6-20(30-4)15(11-16)13-28-10-7-18-17(14-28)22(29)27-21(26-18)19-12-24-8-9-25-19/h5-6,8-9,11-12H,7,10,13-14H2,1-4H3,(H,26,27,29). The number of rotatable bonds is 4.